The summed E-state index contributed by atoms with van der Waals surface area (Å²) >= 11 is 0. The first-order chi connectivity index (χ1) is 13.9. The highest BCUT2D eigenvalue weighted by molar-refractivity contribution is 6.05. The van der Waals surface area contributed by atoms with Crippen LogP contribution < -0.4 is 10.2 Å². The van der Waals surface area contributed by atoms with Crippen LogP contribution in [0.3, 0.4) is 0 Å². The van der Waals surface area contributed by atoms with Crippen molar-refractivity contribution in [3.63, 3.8) is 0 Å². The minimum atomic E-state index is -1.08. The van der Waals surface area contributed by atoms with Crippen LogP contribution >= 0.6 is 0 Å². The Labute approximate surface area is 169 Å². The van der Waals surface area contributed by atoms with Crippen molar-refractivity contribution < 1.29 is 24.2 Å². The van der Waals surface area contributed by atoms with Gasteiger partial charge in [0.25, 0.3) is 5.91 Å². The number of para-hydroxylation sites is 1. The van der Waals surface area contributed by atoms with E-state index in [1.165, 1.54) is 4.90 Å². The molecular formula is C22H24N2O5. The number of carbonyl (C=O) groups excluding carboxylic acids is 2. The smallest absolute Gasteiger partial charge is 0.408 e. The zero-order chi connectivity index (χ0) is 21.0. The normalized spacial score (nSPS) is 16.2. The molecular weight excluding hydrogens is 372 g/mol. The number of hydrogen-bond acceptors (Lipinski definition) is 4. The van der Waals surface area contributed by atoms with Gasteiger partial charge in [-0.05, 0) is 23.1 Å². The van der Waals surface area contributed by atoms with Gasteiger partial charge in [-0.15, -0.1) is 0 Å². The van der Waals surface area contributed by atoms with Crippen molar-refractivity contribution in [1.29, 1.82) is 0 Å². The van der Waals surface area contributed by atoms with Crippen molar-refractivity contribution in [3.05, 3.63) is 65.7 Å². The quantitative estimate of drug-likeness (QED) is 0.783. The molecule has 1 aliphatic heterocycles. The van der Waals surface area contributed by atoms with Crippen LogP contribution in [0.25, 0.3) is 0 Å². The first-order valence-corrected chi connectivity index (χ1v) is 9.49. The fourth-order valence-corrected chi connectivity index (χ4v) is 3.41. The number of alkyl carbamates (subject to hydrolysis) is 1. The molecule has 3 rings (SSSR count). The number of fused-ring (bicyclic) bond motifs is 1. The number of anilines is 1. The van der Waals surface area contributed by atoms with Gasteiger partial charge in [-0.3, -0.25) is 9.69 Å². The van der Waals surface area contributed by atoms with Crippen LogP contribution in [0.4, 0.5) is 10.5 Å². The number of nitrogens with one attached hydrogen (secondary N) is 1. The average molecular weight is 396 g/mol. The molecule has 7 nitrogen and oxygen atoms in total. The molecule has 0 aliphatic carbocycles. The first kappa shape index (κ1) is 20.4. The Bertz CT molecular complexity index is 897. The van der Waals surface area contributed by atoms with Crippen LogP contribution in [0.5, 0.6) is 0 Å². The van der Waals surface area contributed by atoms with Crippen LogP contribution in [0, 0.1) is 5.92 Å². The van der Waals surface area contributed by atoms with Gasteiger partial charge in [0.1, 0.15) is 18.7 Å². The molecule has 0 fully saturated rings. The highest BCUT2D eigenvalue weighted by Gasteiger charge is 2.42. The Morgan fingerprint density at radius 3 is 2.41 bits per heavy atom. The molecule has 0 radical (unpaired) electrons. The van der Waals surface area contributed by atoms with Crippen molar-refractivity contribution in [2.24, 2.45) is 5.92 Å². The van der Waals surface area contributed by atoms with E-state index in [4.69, 9.17) is 4.74 Å². The summed E-state index contributed by atoms with van der Waals surface area (Å²) in [7, 11) is 0. The number of carboxylic acid groups (broad SMARTS) is 1. The Kier molecular flexibility index (Phi) is 6.16. The van der Waals surface area contributed by atoms with E-state index in [2.05, 4.69) is 5.32 Å². The minimum Gasteiger partial charge on any atom is -0.480 e. The average Bonchev–Trinajstić information content (AvgIpc) is 3.10. The first-order valence-electron chi connectivity index (χ1n) is 9.49. The van der Waals surface area contributed by atoms with Gasteiger partial charge in [-0.25, -0.2) is 9.59 Å². The molecule has 29 heavy (non-hydrogen) atoms. The maximum absolute atomic E-state index is 13.3. The van der Waals surface area contributed by atoms with E-state index in [0.717, 1.165) is 11.1 Å². The maximum Gasteiger partial charge on any atom is 0.408 e. The van der Waals surface area contributed by atoms with E-state index >= 15 is 0 Å². The van der Waals surface area contributed by atoms with Crippen molar-refractivity contribution in [2.75, 3.05) is 4.90 Å². The number of benzene rings is 2. The summed E-state index contributed by atoms with van der Waals surface area (Å²) in [6.07, 6.45) is -0.485. The van der Waals surface area contributed by atoms with Crippen molar-refractivity contribution >= 4 is 23.7 Å². The monoisotopic (exact) mass is 396 g/mol. The number of ether oxygens (including phenoxy) is 1. The number of carbonyl (C=O) groups is 3. The van der Waals surface area contributed by atoms with Gasteiger partial charge >= 0.3 is 12.1 Å². The van der Waals surface area contributed by atoms with Crippen LogP contribution in [0.2, 0.25) is 0 Å². The summed E-state index contributed by atoms with van der Waals surface area (Å²) in [4.78, 5) is 38.6. The fourth-order valence-electron chi connectivity index (χ4n) is 3.41. The molecule has 2 N–H and O–H groups in total. The van der Waals surface area contributed by atoms with Gasteiger partial charge in [-0.1, -0.05) is 62.4 Å². The van der Waals surface area contributed by atoms with E-state index in [0.29, 0.717) is 5.69 Å². The predicted octanol–water partition coefficient (Wildman–Crippen LogP) is 2.98. The third-order valence-electron chi connectivity index (χ3n) is 4.92. The lowest BCUT2D eigenvalue weighted by Gasteiger charge is -2.29. The SMILES string of the molecule is CC(C)C(NC(=O)OCc1ccccc1)C(=O)N1c2ccccc2CC1C(=O)O. The Balaban J connectivity index is 1.75. The van der Waals surface area contributed by atoms with Crippen LogP contribution in [0.15, 0.2) is 54.6 Å². The second kappa shape index (κ2) is 8.77. The summed E-state index contributed by atoms with van der Waals surface area (Å²) in [5.41, 5.74) is 2.19. The molecule has 2 aromatic rings. The highest BCUT2D eigenvalue weighted by atomic mass is 16.5. The number of nitrogens with zero attached hydrogens (tertiary/aromatic N) is 1. The summed E-state index contributed by atoms with van der Waals surface area (Å²) in [5, 5.41) is 12.2. The van der Waals surface area contributed by atoms with Crippen LogP contribution in [-0.2, 0) is 27.4 Å². The van der Waals surface area contributed by atoms with Crippen LogP contribution in [-0.4, -0.2) is 35.2 Å². The second-order valence-corrected chi connectivity index (χ2v) is 7.32. The Hall–Kier alpha value is -3.35. The number of aliphatic carboxylic acids is 1. The standard InChI is InChI=1S/C22H24N2O5/c1-14(2)19(23-22(28)29-13-15-8-4-3-5-9-15)20(25)24-17-11-7-6-10-16(17)12-18(24)21(26)27/h3-11,14,18-19H,12-13H2,1-2H3,(H,23,28)(H,26,27). The van der Waals surface area contributed by atoms with E-state index in [1.807, 2.05) is 42.5 Å². The molecule has 0 bridgehead atoms. The minimum absolute atomic E-state index is 0.0793. The maximum atomic E-state index is 13.3. The third kappa shape index (κ3) is 4.56. The summed E-state index contributed by atoms with van der Waals surface area (Å²) in [6.45, 7) is 3.66. The Morgan fingerprint density at radius 2 is 1.76 bits per heavy atom. The molecule has 0 spiro atoms. The molecule has 0 saturated carbocycles. The lowest BCUT2D eigenvalue weighted by Crippen LogP contribution is -2.55. The molecule has 7 heteroatoms. The van der Waals surface area contributed by atoms with E-state index in [-0.39, 0.29) is 18.9 Å². The van der Waals surface area contributed by atoms with E-state index < -0.39 is 30.1 Å². The van der Waals surface area contributed by atoms with Crippen molar-refractivity contribution in [1.82, 2.24) is 5.32 Å². The van der Waals surface area contributed by atoms with Gasteiger partial charge < -0.3 is 15.2 Å². The summed E-state index contributed by atoms with van der Waals surface area (Å²) in [5.74, 6) is -1.80. The zero-order valence-electron chi connectivity index (χ0n) is 16.4. The number of amides is 2. The van der Waals surface area contributed by atoms with Gasteiger partial charge in [0.05, 0.1) is 0 Å². The number of rotatable bonds is 6. The fraction of sp³-hybridized carbons (Fsp3) is 0.318. The lowest BCUT2D eigenvalue weighted by atomic mass is 10.0. The van der Waals surface area contributed by atoms with Gasteiger partial charge in [0.2, 0.25) is 0 Å². The Morgan fingerprint density at radius 1 is 1.10 bits per heavy atom. The topological polar surface area (TPSA) is 95.9 Å². The number of hydrogen-bond donors (Lipinski definition) is 2. The largest absolute Gasteiger partial charge is 0.480 e. The molecule has 152 valence electrons. The van der Waals surface area contributed by atoms with E-state index in [9.17, 15) is 19.5 Å². The molecule has 0 saturated heterocycles. The molecule has 1 heterocycles. The third-order valence-corrected chi connectivity index (χ3v) is 4.92. The van der Waals surface area contributed by atoms with Gasteiger partial charge in [0, 0.05) is 12.1 Å². The van der Waals surface area contributed by atoms with Crippen LogP contribution in [0.1, 0.15) is 25.0 Å². The molecule has 1 aliphatic rings. The molecule has 2 aromatic carbocycles. The van der Waals surface area contributed by atoms with Gasteiger partial charge in [0.15, 0.2) is 0 Å². The number of carboxylic acids is 1. The summed E-state index contributed by atoms with van der Waals surface area (Å²) in [6, 6.07) is 14.4. The lowest BCUT2D eigenvalue weighted by molar-refractivity contribution is -0.140. The zero-order valence-corrected chi connectivity index (χ0v) is 16.4. The predicted molar refractivity (Wildman–Crippen MR) is 107 cm³/mol. The highest BCUT2D eigenvalue weighted by Crippen LogP contribution is 2.33. The molecule has 2 unspecified atom stereocenters. The van der Waals surface area contributed by atoms with Crippen molar-refractivity contribution in [3.8, 4) is 0 Å². The summed E-state index contributed by atoms with van der Waals surface area (Å²) < 4.78 is 5.23. The van der Waals surface area contributed by atoms with E-state index in [1.54, 1.807) is 26.0 Å². The molecule has 0 aromatic heterocycles. The van der Waals surface area contributed by atoms with Crippen molar-refractivity contribution in [2.45, 2.75) is 39.0 Å². The second-order valence-electron chi connectivity index (χ2n) is 7.32. The molecule has 2 amide bonds. The molecule has 2 atom stereocenters. The van der Waals surface area contributed by atoms with Gasteiger partial charge in [-0.2, -0.15) is 0 Å².